The van der Waals surface area contributed by atoms with Crippen LogP contribution < -0.4 is 0 Å². The molecule has 0 saturated heterocycles. The van der Waals surface area contributed by atoms with Crippen LogP contribution in [0.5, 0.6) is 0 Å². The molecule has 0 aliphatic rings. The Bertz CT molecular complexity index is 158. The lowest BCUT2D eigenvalue weighted by Crippen LogP contribution is -1.95. The average Bonchev–Trinajstić information content (AvgIpc) is 1.65. The third-order valence-corrected chi connectivity index (χ3v) is 1.03. The SMILES string of the molecule is C=C(C#N)CS(=O)[O-]. The summed E-state index contributed by atoms with van der Waals surface area (Å²) in [5.74, 6) is -0.253. The first-order valence-corrected chi connectivity index (χ1v) is 3.05. The van der Waals surface area contributed by atoms with Crippen molar-refractivity contribution in [1.82, 2.24) is 0 Å². The molecule has 1 atom stereocenters. The Balaban J connectivity index is 3.61. The highest BCUT2D eigenvalue weighted by Gasteiger charge is 1.87. The normalized spacial score (nSPS) is 12.0. The molecule has 0 saturated carbocycles. The molecule has 1 unspecified atom stereocenters. The van der Waals surface area contributed by atoms with E-state index in [4.69, 9.17) is 5.26 Å². The van der Waals surface area contributed by atoms with Gasteiger partial charge in [0.05, 0.1) is 6.07 Å². The Morgan fingerprint density at radius 2 is 2.50 bits per heavy atom. The molecule has 0 heterocycles. The molecule has 0 amide bonds. The maximum absolute atomic E-state index is 9.76. The Hall–Kier alpha value is -0.660. The van der Waals surface area contributed by atoms with Crippen LogP contribution >= 0.6 is 0 Å². The first kappa shape index (κ1) is 7.34. The van der Waals surface area contributed by atoms with Gasteiger partial charge in [-0.2, -0.15) is 5.26 Å². The van der Waals surface area contributed by atoms with Crippen LogP contribution in [-0.4, -0.2) is 14.5 Å². The second-order valence-corrected chi connectivity index (χ2v) is 2.06. The standard InChI is InChI=1S/C4H5NO2S/c1-4(2-5)3-8(6)7/h1,3H2,(H,6,7)/p-1. The van der Waals surface area contributed by atoms with Crippen LogP contribution in [0, 0.1) is 11.3 Å². The average molecular weight is 130 g/mol. The van der Waals surface area contributed by atoms with Crippen LogP contribution in [0.25, 0.3) is 0 Å². The van der Waals surface area contributed by atoms with Gasteiger partial charge in [-0.05, 0) is 0 Å². The molecule has 0 aliphatic carbocycles. The van der Waals surface area contributed by atoms with Crippen LogP contribution in [0.3, 0.4) is 0 Å². The highest BCUT2D eigenvalue weighted by molar-refractivity contribution is 7.79. The van der Waals surface area contributed by atoms with Crippen LogP contribution in [0.4, 0.5) is 0 Å². The fraction of sp³-hybridized carbons (Fsp3) is 0.250. The molecule has 0 N–H and O–H groups in total. The lowest BCUT2D eigenvalue weighted by atomic mass is 10.4. The van der Waals surface area contributed by atoms with E-state index in [0.717, 1.165) is 0 Å². The number of hydrogen-bond donors (Lipinski definition) is 0. The topological polar surface area (TPSA) is 63.9 Å². The molecule has 0 radical (unpaired) electrons. The molecular formula is C4H4NO2S-. The summed E-state index contributed by atoms with van der Waals surface area (Å²) in [5, 5.41) is 7.96. The molecule has 0 aromatic carbocycles. The third kappa shape index (κ3) is 3.53. The van der Waals surface area contributed by atoms with Gasteiger partial charge in [-0.1, -0.05) is 17.7 Å². The van der Waals surface area contributed by atoms with Gasteiger partial charge in [-0.25, -0.2) is 0 Å². The van der Waals surface area contributed by atoms with E-state index in [1.165, 1.54) is 0 Å². The van der Waals surface area contributed by atoms with E-state index < -0.39 is 11.1 Å². The van der Waals surface area contributed by atoms with Crippen molar-refractivity contribution in [1.29, 1.82) is 5.26 Å². The lowest BCUT2D eigenvalue weighted by Gasteiger charge is -1.99. The number of rotatable bonds is 2. The molecule has 0 aromatic heterocycles. The van der Waals surface area contributed by atoms with E-state index in [9.17, 15) is 8.76 Å². The summed E-state index contributed by atoms with van der Waals surface area (Å²) in [7, 11) is 0. The molecule has 8 heavy (non-hydrogen) atoms. The highest BCUT2D eigenvalue weighted by Crippen LogP contribution is 1.87. The fourth-order valence-electron chi connectivity index (χ4n) is 0.175. The van der Waals surface area contributed by atoms with Crippen molar-refractivity contribution in [3.63, 3.8) is 0 Å². The van der Waals surface area contributed by atoms with Crippen LogP contribution in [0.2, 0.25) is 0 Å². The van der Waals surface area contributed by atoms with Gasteiger partial charge in [0.25, 0.3) is 0 Å². The van der Waals surface area contributed by atoms with Crippen molar-refractivity contribution < 1.29 is 8.76 Å². The van der Waals surface area contributed by atoms with Crippen molar-refractivity contribution in [3.05, 3.63) is 12.2 Å². The zero-order valence-corrected chi connectivity index (χ0v) is 4.90. The molecule has 0 fully saturated rings. The minimum absolute atomic E-state index is 0.0679. The number of nitrogens with zero attached hydrogens (tertiary/aromatic N) is 1. The van der Waals surface area contributed by atoms with Crippen molar-refractivity contribution in [2.75, 3.05) is 5.75 Å². The molecule has 44 valence electrons. The predicted molar refractivity (Wildman–Crippen MR) is 28.5 cm³/mol. The Morgan fingerprint density at radius 1 is 2.00 bits per heavy atom. The van der Waals surface area contributed by atoms with Gasteiger partial charge in [0, 0.05) is 11.3 Å². The Morgan fingerprint density at radius 3 is 2.62 bits per heavy atom. The largest absolute Gasteiger partial charge is 0.772 e. The number of hydrogen-bond acceptors (Lipinski definition) is 3. The fourth-order valence-corrected chi connectivity index (χ4v) is 0.524. The van der Waals surface area contributed by atoms with Crippen molar-refractivity contribution in [3.8, 4) is 6.07 Å². The second kappa shape index (κ2) is 3.36. The smallest absolute Gasteiger partial charge is 0.0950 e. The molecule has 0 bridgehead atoms. The zero-order chi connectivity index (χ0) is 6.57. The van der Waals surface area contributed by atoms with Crippen LogP contribution in [-0.2, 0) is 11.1 Å². The molecule has 3 nitrogen and oxygen atoms in total. The summed E-state index contributed by atoms with van der Waals surface area (Å²) in [6, 6.07) is 1.61. The molecule has 4 heteroatoms. The maximum atomic E-state index is 9.76. The minimum Gasteiger partial charge on any atom is -0.772 e. The van der Waals surface area contributed by atoms with Crippen molar-refractivity contribution >= 4 is 11.1 Å². The van der Waals surface area contributed by atoms with Gasteiger partial charge >= 0.3 is 0 Å². The van der Waals surface area contributed by atoms with Gasteiger partial charge in [-0.3, -0.25) is 4.21 Å². The monoisotopic (exact) mass is 130 g/mol. The molecule has 0 aliphatic heterocycles. The van der Waals surface area contributed by atoms with E-state index in [0.29, 0.717) is 0 Å². The van der Waals surface area contributed by atoms with E-state index in [-0.39, 0.29) is 11.3 Å². The van der Waals surface area contributed by atoms with Gasteiger partial charge in [-0.15, -0.1) is 0 Å². The van der Waals surface area contributed by atoms with Crippen LogP contribution in [0.1, 0.15) is 0 Å². The van der Waals surface area contributed by atoms with Crippen LogP contribution in [0.15, 0.2) is 12.2 Å². The Labute approximate surface area is 49.9 Å². The van der Waals surface area contributed by atoms with Gasteiger partial charge in [0.1, 0.15) is 0 Å². The molecule has 0 spiro atoms. The summed E-state index contributed by atoms with van der Waals surface area (Å²) in [6.45, 7) is 3.16. The summed E-state index contributed by atoms with van der Waals surface area (Å²) >= 11 is -2.17. The zero-order valence-electron chi connectivity index (χ0n) is 4.09. The summed E-state index contributed by atoms with van der Waals surface area (Å²) in [4.78, 5) is 0. The first-order valence-electron chi connectivity index (χ1n) is 1.80. The molecule has 0 rings (SSSR count). The number of nitriles is 1. The summed E-state index contributed by atoms with van der Waals surface area (Å²) in [6.07, 6.45) is 0. The third-order valence-electron chi connectivity index (χ3n) is 0.450. The second-order valence-electron chi connectivity index (χ2n) is 1.16. The van der Waals surface area contributed by atoms with E-state index in [1.54, 1.807) is 6.07 Å². The quantitative estimate of drug-likeness (QED) is 0.388. The summed E-state index contributed by atoms with van der Waals surface area (Å²) in [5.41, 5.74) is 0.0679. The van der Waals surface area contributed by atoms with Gasteiger partial charge in [0.2, 0.25) is 0 Å². The maximum Gasteiger partial charge on any atom is 0.0950 e. The molecule has 0 aromatic rings. The lowest BCUT2D eigenvalue weighted by molar-refractivity contribution is 0.539. The van der Waals surface area contributed by atoms with E-state index in [2.05, 4.69) is 6.58 Å². The Kier molecular flexibility index (Phi) is 3.08. The van der Waals surface area contributed by atoms with Gasteiger partial charge < -0.3 is 4.55 Å². The van der Waals surface area contributed by atoms with Crippen molar-refractivity contribution in [2.45, 2.75) is 0 Å². The first-order chi connectivity index (χ1) is 3.66. The van der Waals surface area contributed by atoms with E-state index in [1.807, 2.05) is 0 Å². The van der Waals surface area contributed by atoms with Crippen molar-refractivity contribution in [2.24, 2.45) is 0 Å². The minimum atomic E-state index is -2.17. The molecular weight excluding hydrogens is 126 g/mol. The van der Waals surface area contributed by atoms with E-state index >= 15 is 0 Å². The highest BCUT2D eigenvalue weighted by atomic mass is 32.2. The van der Waals surface area contributed by atoms with Gasteiger partial charge in [0.15, 0.2) is 0 Å². The summed E-state index contributed by atoms with van der Waals surface area (Å²) < 4.78 is 19.5. The predicted octanol–water partition coefficient (Wildman–Crippen LogP) is -0.0547.